The van der Waals surface area contributed by atoms with Gasteiger partial charge in [0, 0.05) is 50.6 Å². The first kappa shape index (κ1) is 25.3. The van der Waals surface area contributed by atoms with Crippen LogP contribution in [0.4, 0.5) is 0 Å². The SMILES string of the molecule is CCNC(=NCc1cccnc1OCC)N1CCN(S(=O)(=O)Cc2ccon2)CC1.I. The summed E-state index contributed by atoms with van der Waals surface area (Å²) in [5.41, 5.74) is 1.32. The molecule has 0 unspecified atom stereocenters. The number of nitrogens with zero attached hydrogens (tertiary/aromatic N) is 5. The number of aliphatic imine (C=N–C) groups is 1. The highest BCUT2D eigenvalue weighted by atomic mass is 127. The standard InChI is InChI=1S/C19H28N6O4S.HI/c1-3-20-19(22-14-16-6-5-8-21-18(16)28-4-2)24-9-11-25(12-10-24)30(26,27)15-17-7-13-29-23-17;/h5-8,13H,3-4,9-12,14-15H2,1-2H3,(H,20,22);1H. The summed E-state index contributed by atoms with van der Waals surface area (Å²) in [5.74, 6) is 1.18. The molecule has 2 aromatic rings. The van der Waals surface area contributed by atoms with Crippen LogP contribution in [0, 0.1) is 0 Å². The highest BCUT2D eigenvalue weighted by Gasteiger charge is 2.29. The third-order valence-corrected chi connectivity index (χ3v) is 6.43. The molecule has 0 bridgehead atoms. The number of halogens is 1. The topological polar surface area (TPSA) is 113 Å². The molecule has 0 radical (unpaired) electrons. The molecular formula is C19H29IN6O4S. The Balaban J connectivity index is 0.00000341. The molecular weight excluding hydrogens is 535 g/mol. The summed E-state index contributed by atoms with van der Waals surface area (Å²) < 4.78 is 37.0. The van der Waals surface area contributed by atoms with Crippen molar-refractivity contribution in [1.82, 2.24) is 24.7 Å². The van der Waals surface area contributed by atoms with E-state index in [-0.39, 0.29) is 29.7 Å². The van der Waals surface area contributed by atoms with Crippen molar-refractivity contribution in [1.29, 1.82) is 0 Å². The van der Waals surface area contributed by atoms with Crippen LogP contribution in [-0.4, -0.2) is 73.1 Å². The monoisotopic (exact) mass is 564 g/mol. The number of piperazine rings is 1. The van der Waals surface area contributed by atoms with E-state index < -0.39 is 10.0 Å². The Morgan fingerprint density at radius 2 is 2.03 bits per heavy atom. The molecule has 2 aromatic heterocycles. The zero-order valence-electron chi connectivity index (χ0n) is 17.7. The number of ether oxygens (including phenoxy) is 1. The van der Waals surface area contributed by atoms with Gasteiger partial charge in [-0.05, 0) is 19.9 Å². The lowest BCUT2D eigenvalue weighted by Crippen LogP contribution is -2.53. The van der Waals surface area contributed by atoms with Crippen molar-refractivity contribution in [3.05, 3.63) is 41.9 Å². The zero-order chi connectivity index (χ0) is 21.4. The van der Waals surface area contributed by atoms with E-state index in [0.29, 0.717) is 50.9 Å². The van der Waals surface area contributed by atoms with Gasteiger partial charge in [0.15, 0.2) is 5.96 Å². The van der Waals surface area contributed by atoms with Gasteiger partial charge < -0.3 is 19.5 Å². The second-order valence-corrected chi connectivity index (χ2v) is 8.67. The van der Waals surface area contributed by atoms with E-state index in [4.69, 9.17) is 14.3 Å². The van der Waals surface area contributed by atoms with E-state index in [1.807, 2.05) is 26.0 Å². The molecule has 1 fully saturated rings. The average Bonchev–Trinajstić information content (AvgIpc) is 3.25. The Bertz CT molecular complexity index is 931. The van der Waals surface area contributed by atoms with E-state index in [0.717, 1.165) is 18.1 Å². The molecule has 3 heterocycles. The Morgan fingerprint density at radius 1 is 1.26 bits per heavy atom. The summed E-state index contributed by atoms with van der Waals surface area (Å²) in [7, 11) is -3.44. The third kappa shape index (κ3) is 7.04. The van der Waals surface area contributed by atoms with Gasteiger partial charge in [0.1, 0.15) is 12.0 Å². The van der Waals surface area contributed by atoms with Crippen molar-refractivity contribution in [2.45, 2.75) is 26.1 Å². The summed E-state index contributed by atoms with van der Waals surface area (Å²) in [6.45, 7) is 7.49. The predicted octanol–water partition coefficient (Wildman–Crippen LogP) is 1.70. The third-order valence-electron chi connectivity index (χ3n) is 4.62. The van der Waals surface area contributed by atoms with Crippen molar-refractivity contribution in [2.24, 2.45) is 4.99 Å². The van der Waals surface area contributed by atoms with Crippen LogP contribution in [0.2, 0.25) is 0 Å². The van der Waals surface area contributed by atoms with Crippen LogP contribution in [0.15, 0.2) is 40.2 Å². The Labute approximate surface area is 200 Å². The molecule has 1 aliphatic heterocycles. The predicted molar refractivity (Wildman–Crippen MR) is 128 cm³/mol. The molecule has 31 heavy (non-hydrogen) atoms. The van der Waals surface area contributed by atoms with Gasteiger partial charge in [-0.3, -0.25) is 0 Å². The molecule has 12 heteroatoms. The maximum Gasteiger partial charge on any atom is 0.220 e. The summed E-state index contributed by atoms with van der Waals surface area (Å²) in [6, 6.07) is 5.37. The van der Waals surface area contributed by atoms with Crippen molar-refractivity contribution < 1.29 is 17.7 Å². The number of hydrogen-bond acceptors (Lipinski definition) is 7. The molecule has 1 aliphatic rings. The van der Waals surface area contributed by atoms with Gasteiger partial charge in [-0.15, -0.1) is 24.0 Å². The molecule has 0 saturated carbocycles. The van der Waals surface area contributed by atoms with Crippen LogP contribution in [0.5, 0.6) is 5.88 Å². The van der Waals surface area contributed by atoms with Crippen LogP contribution < -0.4 is 10.1 Å². The van der Waals surface area contributed by atoms with Crippen LogP contribution in [0.1, 0.15) is 25.1 Å². The minimum absolute atomic E-state index is 0. The average molecular weight is 564 g/mol. The Morgan fingerprint density at radius 3 is 2.68 bits per heavy atom. The van der Waals surface area contributed by atoms with Gasteiger partial charge in [0.25, 0.3) is 0 Å². The highest BCUT2D eigenvalue weighted by Crippen LogP contribution is 2.16. The maximum absolute atomic E-state index is 12.6. The van der Waals surface area contributed by atoms with Crippen molar-refractivity contribution >= 4 is 40.0 Å². The van der Waals surface area contributed by atoms with Crippen molar-refractivity contribution in [3.63, 3.8) is 0 Å². The highest BCUT2D eigenvalue weighted by molar-refractivity contribution is 14.0. The summed E-state index contributed by atoms with van der Waals surface area (Å²) in [5, 5.41) is 6.99. The normalized spacial score (nSPS) is 15.4. The molecule has 1 N–H and O–H groups in total. The minimum Gasteiger partial charge on any atom is -0.478 e. The molecule has 0 amide bonds. The fraction of sp³-hybridized carbons (Fsp3) is 0.526. The van der Waals surface area contributed by atoms with E-state index in [2.05, 4.69) is 20.4 Å². The van der Waals surface area contributed by atoms with Crippen LogP contribution in [-0.2, 0) is 22.3 Å². The molecule has 0 spiro atoms. The fourth-order valence-corrected chi connectivity index (χ4v) is 4.59. The summed E-state index contributed by atoms with van der Waals surface area (Å²) in [4.78, 5) is 11.1. The van der Waals surface area contributed by atoms with Gasteiger partial charge in [0.2, 0.25) is 15.9 Å². The van der Waals surface area contributed by atoms with Gasteiger partial charge in [-0.25, -0.2) is 18.4 Å². The number of sulfonamides is 1. The molecule has 1 saturated heterocycles. The lowest BCUT2D eigenvalue weighted by molar-refractivity contribution is 0.259. The number of aromatic nitrogens is 2. The number of guanidine groups is 1. The van der Waals surface area contributed by atoms with Gasteiger partial charge in [-0.2, -0.15) is 4.31 Å². The lowest BCUT2D eigenvalue weighted by atomic mass is 10.3. The van der Waals surface area contributed by atoms with Crippen LogP contribution >= 0.6 is 24.0 Å². The first-order chi connectivity index (χ1) is 14.5. The Hall–Kier alpha value is -1.93. The maximum atomic E-state index is 12.6. The van der Waals surface area contributed by atoms with E-state index >= 15 is 0 Å². The molecule has 0 aliphatic carbocycles. The largest absolute Gasteiger partial charge is 0.478 e. The lowest BCUT2D eigenvalue weighted by Gasteiger charge is -2.35. The van der Waals surface area contributed by atoms with E-state index in [9.17, 15) is 8.42 Å². The number of nitrogens with one attached hydrogen (secondary N) is 1. The number of pyridine rings is 1. The molecule has 0 aromatic carbocycles. The summed E-state index contributed by atoms with van der Waals surface area (Å²) in [6.07, 6.45) is 3.07. The molecule has 0 atom stereocenters. The molecule has 3 rings (SSSR count). The van der Waals surface area contributed by atoms with Crippen molar-refractivity contribution in [3.8, 4) is 5.88 Å². The zero-order valence-corrected chi connectivity index (χ0v) is 20.9. The van der Waals surface area contributed by atoms with Gasteiger partial charge in [0.05, 0.1) is 18.8 Å². The smallest absolute Gasteiger partial charge is 0.220 e. The summed E-state index contributed by atoms with van der Waals surface area (Å²) >= 11 is 0. The number of rotatable bonds is 8. The quantitative estimate of drug-likeness (QED) is 0.293. The first-order valence-electron chi connectivity index (χ1n) is 10.0. The van der Waals surface area contributed by atoms with Crippen molar-refractivity contribution in [2.75, 3.05) is 39.3 Å². The van der Waals surface area contributed by atoms with E-state index in [1.165, 1.54) is 10.6 Å². The fourth-order valence-electron chi connectivity index (χ4n) is 3.17. The second kappa shape index (κ2) is 12.2. The van der Waals surface area contributed by atoms with Gasteiger partial charge >= 0.3 is 0 Å². The number of hydrogen-bond donors (Lipinski definition) is 1. The Kier molecular flexibility index (Phi) is 9.96. The van der Waals surface area contributed by atoms with Gasteiger partial charge in [-0.1, -0.05) is 11.2 Å². The second-order valence-electron chi connectivity index (χ2n) is 6.70. The first-order valence-corrected chi connectivity index (χ1v) is 11.6. The minimum atomic E-state index is -3.44. The van der Waals surface area contributed by atoms with Crippen LogP contribution in [0.3, 0.4) is 0 Å². The molecule has 10 nitrogen and oxygen atoms in total. The molecule has 172 valence electrons. The van der Waals surface area contributed by atoms with Crippen LogP contribution in [0.25, 0.3) is 0 Å². The van der Waals surface area contributed by atoms with E-state index in [1.54, 1.807) is 12.3 Å².